The Morgan fingerprint density at radius 2 is 1.95 bits per heavy atom. The minimum atomic E-state index is -0.421. The van der Waals surface area contributed by atoms with Crippen molar-refractivity contribution in [2.45, 2.75) is 12.5 Å². The fourth-order valence-corrected chi connectivity index (χ4v) is 2.64. The Balaban J connectivity index is 1.87. The predicted molar refractivity (Wildman–Crippen MR) is 87.8 cm³/mol. The molecular weight excluding hydrogens is 323 g/mol. The van der Waals surface area contributed by atoms with Crippen molar-refractivity contribution in [3.8, 4) is 5.75 Å². The first kappa shape index (κ1) is 14.9. The second-order valence-corrected chi connectivity index (χ2v) is 5.50. The maximum atomic E-state index is 11.5. The zero-order chi connectivity index (χ0) is 15.5. The summed E-state index contributed by atoms with van der Waals surface area (Å²) in [6.07, 6.45) is 0. The smallest absolute Gasteiger partial charge is 0.336 e. The van der Waals surface area contributed by atoms with E-state index in [0.717, 1.165) is 16.5 Å². The van der Waals surface area contributed by atoms with Crippen LogP contribution in [0.4, 0.5) is 0 Å². The van der Waals surface area contributed by atoms with E-state index in [1.165, 1.54) is 6.07 Å². The standard InChI is InChI=1S/C17H12Cl2O3/c18-9-12-7-17(20)22-16-8-14(4-5-15(12)16)21-10-11-2-1-3-13(19)6-11/h1-8H,9-10H2. The third-order valence-corrected chi connectivity index (χ3v) is 3.76. The molecule has 3 rings (SSSR count). The first-order valence-corrected chi connectivity index (χ1v) is 7.57. The summed E-state index contributed by atoms with van der Waals surface area (Å²) in [5, 5.41) is 1.47. The highest BCUT2D eigenvalue weighted by Gasteiger charge is 2.06. The van der Waals surface area contributed by atoms with E-state index in [1.807, 2.05) is 36.4 Å². The van der Waals surface area contributed by atoms with Gasteiger partial charge in [-0.2, -0.15) is 0 Å². The lowest BCUT2D eigenvalue weighted by Gasteiger charge is -2.08. The van der Waals surface area contributed by atoms with Crippen LogP contribution in [-0.2, 0) is 12.5 Å². The van der Waals surface area contributed by atoms with Gasteiger partial charge in [-0.3, -0.25) is 0 Å². The summed E-state index contributed by atoms with van der Waals surface area (Å²) in [5.74, 6) is 0.868. The minimum absolute atomic E-state index is 0.255. The van der Waals surface area contributed by atoms with Gasteiger partial charge in [-0.1, -0.05) is 23.7 Å². The molecule has 0 aliphatic carbocycles. The Morgan fingerprint density at radius 1 is 1.09 bits per heavy atom. The molecule has 0 fully saturated rings. The fourth-order valence-electron chi connectivity index (χ4n) is 2.20. The van der Waals surface area contributed by atoms with Gasteiger partial charge in [-0.25, -0.2) is 4.79 Å². The van der Waals surface area contributed by atoms with Crippen molar-refractivity contribution < 1.29 is 9.15 Å². The molecule has 0 radical (unpaired) electrons. The zero-order valence-electron chi connectivity index (χ0n) is 11.5. The van der Waals surface area contributed by atoms with Crippen molar-refractivity contribution in [2.75, 3.05) is 0 Å². The fraction of sp³-hybridized carbons (Fsp3) is 0.118. The van der Waals surface area contributed by atoms with Gasteiger partial charge in [-0.15, -0.1) is 11.6 Å². The highest BCUT2D eigenvalue weighted by atomic mass is 35.5. The van der Waals surface area contributed by atoms with Crippen LogP contribution in [0.25, 0.3) is 11.0 Å². The summed E-state index contributed by atoms with van der Waals surface area (Å²) in [4.78, 5) is 11.5. The van der Waals surface area contributed by atoms with Crippen molar-refractivity contribution in [3.63, 3.8) is 0 Å². The number of rotatable bonds is 4. The average molecular weight is 335 g/mol. The van der Waals surface area contributed by atoms with Crippen molar-refractivity contribution in [3.05, 3.63) is 75.1 Å². The molecule has 0 atom stereocenters. The third kappa shape index (κ3) is 3.26. The Bertz CT molecular complexity index is 871. The van der Waals surface area contributed by atoms with Crippen LogP contribution in [-0.4, -0.2) is 0 Å². The second-order valence-electron chi connectivity index (χ2n) is 4.80. The molecule has 22 heavy (non-hydrogen) atoms. The highest BCUT2D eigenvalue weighted by Crippen LogP contribution is 2.24. The van der Waals surface area contributed by atoms with Crippen LogP contribution >= 0.6 is 23.2 Å². The molecule has 0 bridgehead atoms. The molecule has 0 saturated heterocycles. The zero-order valence-corrected chi connectivity index (χ0v) is 13.0. The monoisotopic (exact) mass is 334 g/mol. The predicted octanol–water partition coefficient (Wildman–Crippen LogP) is 4.76. The van der Waals surface area contributed by atoms with Crippen molar-refractivity contribution in [1.82, 2.24) is 0 Å². The maximum absolute atomic E-state index is 11.5. The van der Waals surface area contributed by atoms with Crippen LogP contribution in [0.1, 0.15) is 11.1 Å². The van der Waals surface area contributed by atoms with Crippen LogP contribution in [0.3, 0.4) is 0 Å². The van der Waals surface area contributed by atoms with E-state index >= 15 is 0 Å². The molecule has 0 unspecified atom stereocenters. The number of ether oxygens (including phenoxy) is 1. The summed E-state index contributed by atoms with van der Waals surface area (Å²) in [5.41, 5.74) is 1.75. The van der Waals surface area contributed by atoms with E-state index in [9.17, 15) is 4.79 Å². The van der Waals surface area contributed by atoms with Gasteiger partial charge in [-0.05, 0) is 35.4 Å². The molecule has 0 spiro atoms. The highest BCUT2D eigenvalue weighted by molar-refractivity contribution is 6.30. The number of benzene rings is 2. The molecule has 0 N–H and O–H groups in total. The quantitative estimate of drug-likeness (QED) is 0.509. The van der Waals surface area contributed by atoms with E-state index in [-0.39, 0.29) is 5.88 Å². The lowest BCUT2D eigenvalue weighted by Crippen LogP contribution is -2.00. The Morgan fingerprint density at radius 3 is 2.73 bits per heavy atom. The molecule has 0 aliphatic rings. The van der Waals surface area contributed by atoms with Gasteiger partial charge >= 0.3 is 5.63 Å². The van der Waals surface area contributed by atoms with E-state index in [0.29, 0.717) is 23.0 Å². The third-order valence-electron chi connectivity index (χ3n) is 3.24. The van der Waals surface area contributed by atoms with Crippen molar-refractivity contribution in [2.24, 2.45) is 0 Å². The summed E-state index contributed by atoms with van der Waals surface area (Å²) in [7, 11) is 0. The van der Waals surface area contributed by atoms with Gasteiger partial charge in [0.25, 0.3) is 0 Å². The molecule has 3 aromatic rings. The van der Waals surface area contributed by atoms with Crippen LogP contribution in [0, 0.1) is 0 Å². The molecule has 0 saturated carbocycles. The molecule has 0 amide bonds. The molecule has 3 nitrogen and oxygen atoms in total. The first-order chi connectivity index (χ1) is 10.7. The molecule has 1 heterocycles. The molecule has 0 aliphatic heterocycles. The Labute approximate surface area is 137 Å². The van der Waals surface area contributed by atoms with Gasteiger partial charge in [0.05, 0.1) is 0 Å². The number of alkyl halides is 1. The number of hydrogen-bond donors (Lipinski definition) is 0. The van der Waals surface area contributed by atoms with Crippen LogP contribution in [0.5, 0.6) is 5.75 Å². The Kier molecular flexibility index (Phi) is 4.36. The summed E-state index contributed by atoms with van der Waals surface area (Å²) >= 11 is 11.8. The average Bonchev–Trinajstić information content (AvgIpc) is 2.51. The largest absolute Gasteiger partial charge is 0.489 e. The number of hydrogen-bond acceptors (Lipinski definition) is 3. The lowest BCUT2D eigenvalue weighted by molar-refractivity contribution is 0.306. The SMILES string of the molecule is O=c1cc(CCl)c2ccc(OCc3cccc(Cl)c3)cc2o1. The number of halogens is 2. The summed E-state index contributed by atoms with van der Waals surface area (Å²) in [6, 6.07) is 14.2. The Hall–Kier alpha value is -1.97. The second kappa shape index (κ2) is 6.42. The van der Waals surface area contributed by atoms with Gasteiger partial charge in [0, 0.05) is 28.4 Å². The maximum Gasteiger partial charge on any atom is 0.336 e. The molecule has 5 heteroatoms. The summed E-state index contributed by atoms with van der Waals surface area (Å²) < 4.78 is 10.9. The van der Waals surface area contributed by atoms with Gasteiger partial charge in [0.15, 0.2) is 0 Å². The normalized spacial score (nSPS) is 10.8. The van der Waals surface area contributed by atoms with E-state index in [1.54, 1.807) is 6.07 Å². The van der Waals surface area contributed by atoms with Gasteiger partial charge in [0.1, 0.15) is 17.9 Å². The van der Waals surface area contributed by atoms with Gasteiger partial charge in [0.2, 0.25) is 0 Å². The van der Waals surface area contributed by atoms with Crippen molar-refractivity contribution in [1.29, 1.82) is 0 Å². The van der Waals surface area contributed by atoms with Crippen LogP contribution < -0.4 is 10.4 Å². The van der Waals surface area contributed by atoms with E-state index < -0.39 is 5.63 Å². The first-order valence-electron chi connectivity index (χ1n) is 6.66. The molecule has 112 valence electrons. The molecule has 2 aromatic carbocycles. The topological polar surface area (TPSA) is 39.4 Å². The molecule has 1 aromatic heterocycles. The number of fused-ring (bicyclic) bond motifs is 1. The van der Waals surface area contributed by atoms with Crippen molar-refractivity contribution >= 4 is 34.2 Å². The van der Waals surface area contributed by atoms with E-state index in [2.05, 4.69) is 0 Å². The lowest BCUT2D eigenvalue weighted by atomic mass is 10.1. The van der Waals surface area contributed by atoms with Crippen LogP contribution in [0.2, 0.25) is 5.02 Å². The minimum Gasteiger partial charge on any atom is -0.489 e. The summed E-state index contributed by atoms with van der Waals surface area (Å²) in [6.45, 7) is 0.380. The van der Waals surface area contributed by atoms with E-state index in [4.69, 9.17) is 32.4 Å². The van der Waals surface area contributed by atoms with Gasteiger partial charge < -0.3 is 9.15 Å². The molecular formula is C17H12Cl2O3. The van der Waals surface area contributed by atoms with Crippen LogP contribution in [0.15, 0.2) is 57.7 Å².